The summed E-state index contributed by atoms with van der Waals surface area (Å²) in [7, 11) is 0. The third kappa shape index (κ3) is 2.67. The fraction of sp³-hybridized carbons (Fsp3) is 0.235. The first-order valence-corrected chi connectivity index (χ1v) is 7.04. The average molecular weight is 265 g/mol. The van der Waals surface area contributed by atoms with Gasteiger partial charge in [-0.3, -0.25) is 4.98 Å². The summed E-state index contributed by atoms with van der Waals surface area (Å²) in [5, 5.41) is 4.76. The Kier molecular flexibility index (Phi) is 3.68. The molecule has 0 atom stereocenters. The number of aromatic amines is 1. The molecule has 0 spiro atoms. The molecular weight excluding hydrogens is 246 g/mol. The Labute approximate surface area is 119 Å². The summed E-state index contributed by atoms with van der Waals surface area (Å²) in [5.74, 6) is 0. The first kappa shape index (κ1) is 12.7. The zero-order chi connectivity index (χ0) is 13.8. The molecule has 0 bridgehead atoms. The van der Waals surface area contributed by atoms with Gasteiger partial charge in [-0.25, -0.2) is 0 Å². The number of fused-ring (bicyclic) bond motifs is 1. The maximum Gasteiger partial charge on any atom is 0.0526 e. The quantitative estimate of drug-likeness (QED) is 0.686. The van der Waals surface area contributed by atoms with Crippen LogP contribution in [0.2, 0.25) is 0 Å². The summed E-state index contributed by atoms with van der Waals surface area (Å²) in [6, 6.07) is 12.5. The van der Waals surface area contributed by atoms with Crippen LogP contribution >= 0.6 is 0 Å². The second-order valence-corrected chi connectivity index (χ2v) is 5.05. The van der Waals surface area contributed by atoms with Crippen LogP contribution in [-0.4, -0.2) is 16.5 Å². The van der Waals surface area contributed by atoms with Gasteiger partial charge in [0.15, 0.2) is 0 Å². The Morgan fingerprint density at radius 1 is 1.15 bits per heavy atom. The molecule has 3 heteroatoms. The van der Waals surface area contributed by atoms with Crippen LogP contribution in [0.4, 0.5) is 5.69 Å². The monoisotopic (exact) mass is 265 g/mol. The van der Waals surface area contributed by atoms with Gasteiger partial charge in [-0.2, -0.15) is 0 Å². The van der Waals surface area contributed by atoms with Crippen LogP contribution in [0.25, 0.3) is 10.9 Å². The van der Waals surface area contributed by atoms with Crippen molar-refractivity contribution >= 4 is 16.6 Å². The Balaban J connectivity index is 1.61. The first-order valence-electron chi connectivity index (χ1n) is 7.04. The minimum absolute atomic E-state index is 0.963. The van der Waals surface area contributed by atoms with Crippen molar-refractivity contribution in [1.82, 2.24) is 9.97 Å². The number of hydrogen-bond acceptors (Lipinski definition) is 2. The predicted molar refractivity (Wildman–Crippen MR) is 84.1 cm³/mol. The van der Waals surface area contributed by atoms with Gasteiger partial charge in [0, 0.05) is 35.5 Å². The second-order valence-electron chi connectivity index (χ2n) is 5.05. The highest BCUT2D eigenvalue weighted by Crippen LogP contribution is 2.23. The van der Waals surface area contributed by atoms with E-state index < -0.39 is 0 Å². The van der Waals surface area contributed by atoms with E-state index in [4.69, 9.17) is 0 Å². The number of benzene rings is 1. The molecule has 0 aliphatic rings. The molecule has 2 heterocycles. The number of aryl methyl sites for hydroxylation is 2. The molecule has 102 valence electrons. The molecule has 2 aromatic heterocycles. The molecule has 0 aliphatic carbocycles. The van der Waals surface area contributed by atoms with E-state index in [-0.39, 0.29) is 0 Å². The van der Waals surface area contributed by atoms with Crippen LogP contribution in [0.1, 0.15) is 17.7 Å². The van der Waals surface area contributed by atoms with Crippen LogP contribution in [0.3, 0.4) is 0 Å². The predicted octanol–water partition coefficient (Wildman–Crippen LogP) is 3.92. The number of nitrogens with one attached hydrogen (secondary N) is 2. The third-order valence-corrected chi connectivity index (χ3v) is 3.62. The van der Waals surface area contributed by atoms with Gasteiger partial charge in [0.05, 0.1) is 5.69 Å². The van der Waals surface area contributed by atoms with Crippen molar-refractivity contribution in [3.8, 4) is 0 Å². The fourth-order valence-corrected chi connectivity index (χ4v) is 2.62. The van der Waals surface area contributed by atoms with Gasteiger partial charge >= 0.3 is 0 Å². The SMILES string of the molecule is Cc1[nH]c2ccccc2c1CCCNc1cccnc1. The largest absolute Gasteiger partial charge is 0.384 e. The minimum atomic E-state index is 0.963. The van der Waals surface area contributed by atoms with Gasteiger partial charge < -0.3 is 10.3 Å². The number of rotatable bonds is 5. The lowest BCUT2D eigenvalue weighted by atomic mass is 10.1. The van der Waals surface area contributed by atoms with E-state index in [0.29, 0.717) is 0 Å². The van der Waals surface area contributed by atoms with Gasteiger partial charge in [-0.1, -0.05) is 18.2 Å². The zero-order valence-electron chi connectivity index (χ0n) is 11.7. The number of para-hydroxylation sites is 1. The van der Waals surface area contributed by atoms with Crippen molar-refractivity contribution in [3.05, 3.63) is 60.0 Å². The van der Waals surface area contributed by atoms with Gasteiger partial charge in [0.2, 0.25) is 0 Å². The number of H-pyrrole nitrogens is 1. The first-order chi connectivity index (χ1) is 9.84. The fourth-order valence-electron chi connectivity index (χ4n) is 2.62. The van der Waals surface area contributed by atoms with Crippen molar-refractivity contribution < 1.29 is 0 Å². The van der Waals surface area contributed by atoms with E-state index in [1.165, 1.54) is 22.2 Å². The second kappa shape index (κ2) is 5.78. The van der Waals surface area contributed by atoms with Gasteiger partial charge in [0.25, 0.3) is 0 Å². The standard InChI is InChI=1S/C17H19N3/c1-13-15(16-7-2-3-9-17(16)20-13)8-5-11-19-14-6-4-10-18-12-14/h2-4,6-7,9-10,12,19-20H,5,8,11H2,1H3. The summed E-state index contributed by atoms with van der Waals surface area (Å²) >= 11 is 0. The number of pyridine rings is 1. The van der Waals surface area contributed by atoms with E-state index in [2.05, 4.69) is 46.5 Å². The smallest absolute Gasteiger partial charge is 0.0526 e. The molecule has 3 aromatic rings. The summed E-state index contributed by atoms with van der Waals surface area (Å²) in [6.07, 6.45) is 5.85. The molecule has 0 saturated carbocycles. The lowest BCUT2D eigenvalue weighted by Gasteiger charge is -2.06. The average Bonchev–Trinajstić information content (AvgIpc) is 2.80. The lowest BCUT2D eigenvalue weighted by molar-refractivity contribution is 0.860. The van der Waals surface area contributed by atoms with Crippen molar-refractivity contribution in [3.63, 3.8) is 0 Å². The normalized spacial score (nSPS) is 10.8. The van der Waals surface area contributed by atoms with Crippen LogP contribution in [0, 0.1) is 6.92 Å². The van der Waals surface area contributed by atoms with Gasteiger partial charge in [-0.15, -0.1) is 0 Å². The molecule has 1 aromatic carbocycles. The highest BCUT2D eigenvalue weighted by molar-refractivity contribution is 5.84. The molecule has 3 rings (SSSR count). The van der Waals surface area contributed by atoms with Crippen LogP contribution in [0.5, 0.6) is 0 Å². The molecule has 20 heavy (non-hydrogen) atoms. The van der Waals surface area contributed by atoms with Crippen molar-refractivity contribution in [2.45, 2.75) is 19.8 Å². The Morgan fingerprint density at radius 2 is 2.05 bits per heavy atom. The molecule has 0 unspecified atom stereocenters. The minimum Gasteiger partial charge on any atom is -0.384 e. The molecule has 0 amide bonds. The van der Waals surface area contributed by atoms with Crippen LogP contribution < -0.4 is 5.32 Å². The Morgan fingerprint density at radius 3 is 2.90 bits per heavy atom. The third-order valence-electron chi connectivity index (χ3n) is 3.62. The topological polar surface area (TPSA) is 40.7 Å². The van der Waals surface area contributed by atoms with Crippen LogP contribution in [-0.2, 0) is 6.42 Å². The molecule has 0 fully saturated rings. The van der Waals surface area contributed by atoms with E-state index in [0.717, 1.165) is 25.1 Å². The summed E-state index contributed by atoms with van der Waals surface area (Å²) in [5.41, 5.74) is 5.05. The number of aromatic nitrogens is 2. The van der Waals surface area contributed by atoms with E-state index >= 15 is 0 Å². The maximum absolute atomic E-state index is 4.10. The highest BCUT2D eigenvalue weighted by Gasteiger charge is 2.06. The lowest BCUT2D eigenvalue weighted by Crippen LogP contribution is -2.03. The van der Waals surface area contributed by atoms with E-state index in [1.807, 2.05) is 18.3 Å². The molecule has 0 aliphatic heterocycles. The van der Waals surface area contributed by atoms with E-state index in [1.54, 1.807) is 6.20 Å². The molecular formula is C17H19N3. The number of anilines is 1. The Bertz CT molecular complexity index is 686. The molecule has 0 radical (unpaired) electrons. The number of hydrogen-bond donors (Lipinski definition) is 2. The van der Waals surface area contributed by atoms with Gasteiger partial charge in [0.1, 0.15) is 0 Å². The maximum atomic E-state index is 4.10. The highest BCUT2D eigenvalue weighted by atomic mass is 14.9. The van der Waals surface area contributed by atoms with Crippen LogP contribution in [0.15, 0.2) is 48.8 Å². The van der Waals surface area contributed by atoms with Gasteiger partial charge in [-0.05, 0) is 43.5 Å². The Hall–Kier alpha value is -2.29. The molecule has 3 nitrogen and oxygen atoms in total. The van der Waals surface area contributed by atoms with Crippen molar-refractivity contribution in [2.24, 2.45) is 0 Å². The molecule has 0 saturated heterocycles. The molecule has 2 N–H and O–H groups in total. The van der Waals surface area contributed by atoms with E-state index in [9.17, 15) is 0 Å². The van der Waals surface area contributed by atoms with Crippen molar-refractivity contribution in [2.75, 3.05) is 11.9 Å². The summed E-state index contributed by atoms with van der Waals surface area (Å²) < 4.78 is 0. The van der Waals surface area contributed by atoms with Crippen molar-refractivity contribution in [1.29, 1.82) is 0 Å². The number of nitrogens with zero attached hydrogens (tertiary/aromatic N) is 1. The zero-order valence-corrected chi connectivity index (χ0v) is 11.7. The summed E-state index contributed by atoms with van der Waals surface area (Å²) in [4.78, 5) is 7.56. The summed E-state index contributed by atoms with van der Waals surface area (Å²) in [6.45, 7) is 3.12.